The molecule has 1 aromatic rings. The number of rotatable bonds is 2. The van der Waals surface area contributed by atoms with Crippen molar-refractivity contribution in [1.29, 1.82) is 0 Å². The van der Waals surface area contributed by atoms with Crippen LogP contribution < -0.4 is 5.32 Å². The molecular formula is C16H18FNO3. The van der Waals surface area contributed by atoms with Gasteiger partial charge in [-0.25, -0.2) is 4.39 Å². The summed E-state index contributed by atoms with van der Waals surface area (Å²) in [6.07, 6.45) is 1.06. The lowest BCUT2D eigenvalue weighted by molar-refractivity contribution is -0.165. The maximum absolute atomic E-state index is 13.7. The summed E-state index contributed by atoms with van der Waals surface area (Å²) in [5.41, 5.74) is -2.42. The first-order valence-corrected chi connectivity index (χ1v) is 7.04. The molecule has 0 unspecified atom stereocenters. The number of amides is 1. The molecule has 1 aromatic carbocycles. The van der Waals surface area contributed by atoms with Gasteiger partial charge in [0, 0.05) is 5.41 Å². The number of ether oxygens (including phenoxy) is 1. The van der Waals surface area contributed by atoms with E-state index in [0.717, 1.165) is 0 Å². The van der Waals surface area contributed by atoms with Crippen molar-refractivity contribution >= 4 is 17.6 Å². The van der Waals surface area contributed by atoms with Crippen molar-refractivity contribution in [2.24, 2.45) is 10.8 Å². The van der Waals surface area contributed by atoms with Crippen LogP contribution in [0.3, 0.4) is 0 Å². The van der Waals surface area contributed by atoms with Crippen molar-refractivity contribution in [3.63, 3.8) is 0 Å². The fraction of sp³-hybridized carbons (Fsp3) is 0.500. The number of anilines is 1. The summed E-state index contributed by atoms with van der Waals surface area (Å²) in [5.74, 6) is -1.31. The van der Waals surface area contributed by atoms with Gasteiger partial charge in [0.25, 0.3) is 5.91 Å². The predicted octanol–water partition coefficient (Wildman–Crippen LogP) is 2.89. The maximum Gasteiger partial charge on any atom is 0.313 e. The molecule has 4 nitrogen and oxygen atoms in total. The maximum atomic E-state index is 13.7. The van der Waals surface area contributed by atoms with Crippen molar-refractivity contribution in [3.8, 4) is 0 Å². The van der Waals surface area contributed by atoms with Crippen LogP contribution in [-0.4, -0.2) is 17.5 Å². The van der Waals surface area contributed by atoms with Gasteiger partial charge in [0.1, 0.15) is 5.82 Å². The summed E-state index contributed by atoms with van der Waals surface area (Å²) in [6.45, 7) is 5.57. The topological polar surface area (TPSA) is 55.4 Å². The fourth-order valence-electron chi connectivity index (χ4n) is 3.53. The molecule has 0 radical (unpaired) electrons. The van der Waals surface area contributed by atoms with Gasteiger partial charge < -0.3 is 10.1 Å². The summed E-state index contributed by atoms with van der Waals surface area (Å²) >= 11 is 0. The molecule has 2 atom stereocenters. The second-order valence-electron chi connectivity index (χ2n) is 6.61. The first kappa shape index (κ1) is 14.0. The zero-order valence-electron chi connectivity index (χ0n) is 12.3. The minimum absolute atomic E-state index is 0.101. The van der Waals surface area contributed by atoms with E-state index >= 15 is 0 Å². The van der Waals surface area contributed by atoms with Crippen molar-refractivity contribution in [2.75, 3.05) is 5.32 Å². The number of halogens is 1. The molecule has 1 aliphatic carbocycles. The number of para-hydroxylation sites is 1. The van der Waals surface area contributed by atoms with E-state index in [0.29, 0.717) is 12.8 Å². The standard InChI is InChI=1S/C16H18FNO3/c1-14(2)15(3)8-9-16(14,21-13(15)20)12(19)18-11-7-5-4-6-10(11)17/h4-7H,8-9H2,1-3H3,(H,18,19)/t15-,16-/m1/s1. The smallest absolute Gasteiger partial charge is 0.313 e. The van der Waals surface area contributed by atoms with E-state index in [9.17, 15) is 14.0 Å². The molecule has 1 amide bonds. The highest BCUT2D eigenvalue weighted by Gasteiger charge is 2.75. The van der Waals surface area contributed by atoms with Crippen LogP contribution in [0, 0.1) is 16.6 Å². The second-order valence-corrected chi connectivity index (χ2v) is 6.61. The van der Waals surface area contributed by atoms with E-state index in [-0.39, 0.29) is 11.7 Å². The average molecular weight is 291 g/mol. The van der Waals surface area contributed by atoms with Crippen molar-refractivity contribution in [1.82, 2.24) is 0 Å². The number of benzene rings is 1. The fourth-order valence-corrected chi connectivity index (χ4v) is 3.53. The highest BCUT2D eigenvalue weighted by molar-refractivity contribution is 6.03. The van der Waals surface area contributed by atoms with E-state index in [4.69, 9.17) is 4.74 Å². The van der Waals surface area contributed by atoms with Crippen LogP contribution in [-0.2, 0) is 14.3 Å². The number of hydrogen-bond acceptors (Lipinski definition) is 3. The molecule has 2 bridgehead atoms. The molecule has 21 heavy (non-hydrogen) atoms. The quantitative estimate of drug-likeness (QED) is 0.852. The van der Waals surface area contributed by atoms with Gasteiger partial charge in [0.15, 0.2) is 5.60 Å². The molecular weight excluding hydrogens is 273 g/mol. The van der Waals surface area contributed by atoms with E-state index in [1.165, 1.54) is 12.1 Å². The average Bonchev–Trinajstić information content (AvgIpc) is 2.72. The Labute approximate surface area is 122 Å². The zero-order valence-corrected chi connectivity index (χ0v) is 12.3. The lowest BCUT2D eigenvalue weighted by atomic mass is 9.66. The van der Waals surface area contributed by atoms with Crippen LogP contribution in [0.1, 0.15) is 33.6 Å². The normalized spacial score (nSPS) is 32.9. The van der Waals surface area contributed by atoms with Gasteiger partial charge in [0.2, 0.25) is 0 Å². The van der Waals surface area contributed by atoms with Gasteiger partial charge in [-0.05, 0) is 31.9 Å². The Bertz CT molecular complexity index is 642. The Morgan fingerprint density at radius 3 is 2.43 bits per heavy atom. The number of hydrogen-bond donors (Lipinski definition) is 1. The van der Waals surface area contributed by atoms with Crippen molar-refractivity contribution < 1.29 is 18.7 Å². The molecule has 0 spiro atoms. The highest BCUT2D eigenvalue weighted by atomic mass is 19.1. The van der Waals surface area contributed by atoms with Gasteiger partial charge in [-0.3, -0.25) is 9.59 Å². The van der Waals surface area contributed by atoms with E-state index < -0.39 is 28.2 Å². The van der Waals surface area contributed by atoms with Crippen LogP contribution >= 0.6 is 0 Å². The Balaban J connectivity index is 1.96. The van der Waals surface area contributed by atoms with Gasteiger partial charge in [-0.1, -0.05) is 26.0 Å². The number of carbonyl (C=O) groups excluding carboxylic acids is 2. The van der Waals surface area contributed by atoms with Gasteiger partial charge in [0.05, 0.1) is 11.1 Å². The SMILES string of the molecule is CC1(C)[C@]2(C)CC[C@]1(C(=O)Nc1ccccc1F)OC2=O. The summed E-state index contributed by atoms with van der Waals surface area (Å²) in [6, 6.07) is 5.95. The Hall–Kier alpha value is -1.91. The number of esters is 1. The van der Waals surface area contributed by atoms with Crippen LogP contribution in [0.4, 0.5) is 10.1 Å². The molecule has 1 aliphatic heterocycles. The number of carbonyl (C=O) groups is 2. The highest BCUT2D eigenvalue weighted by Crippen LogP contribution is 2.65. The first-order valence-electron chi connectivity index (χ1n) is 7.04. The Morgan fingerprint density at radius 2 is 1.90 bits per heavy atom. The second kappa shape index (κ2) is 4.06. The number of nitrogens with one attached hydrogen (secondary N) is 1. The van der Waals surface area contributed by atoms with Gasteiger partial charge in [-0.15, -0.1) is 0 Å². The van der Waals surface area contributed by atoms with E-state index in [2.05, 4.69) is 5.32 Å². The van der Waals surface area contributed by atoms with Crippen LogP contribution in [0.5, 0.6) is 0 Å². The molecule has 0 aromatic heterocycles. The van der Waals surface area contributed by atoms with Crippen molar-refractivity contribution in [2.45, 2.75) is 39.2 Å². The van der Waals surface area contributed by atoms with Crippen LogP contribution in [0.15, 0.2) is 24.3 Å². The molecule has 2 aliphatic rings. The summed E-state index contributed by atoms with van der Waals surface area (Å²) in [7, 11) is 0. The molecule has 3 rings (SSSR count). The van der Waals surface area contributed by atoms with E-state index in [1.807, 2.05) is 20.8 Å². The molecule has 1 saturated carbocycles. The Morgan fingerprint density at radius 1 is 1.24 bits per heavy atom. The van der Waals surface area contributed by atoms with Crippen LogP contribution in [0.25, 0.3) is 0 Å². The van der Waals surface area contributed by atoms with E-state index in [1.54, 1.807) is 12.1 Å². The van der Waals surface area contributed by atoms with Gasteiger partial charge >= 0.3 is 5.97 Å². The summed E-state index contributed by atoms with van der Waals surface area (Å²) in [5, 5.41) is 2.57. The third-order valence-electron chi connectivity index (χ3n) is 5.57. The summed E-state index contributed by atoms with van der Waals surface area (Å²) in [4.78, 5) is 24.8. The third kappa shape index (κ3) is 1.54. The molecule has 1 saturated heterocycles. The monoisotopic (exact) mass is 291 g/mol. The Kier molecular flexibility index (Phi) is 2.71. The minimum Gasteiger partial charge on any atom is -0.448 e. The lowest BCUT2D eigenvalue weighted by Gasteiger charge is -2.35. The third-order valence-corrected chi connectivity index (χ3v) is 5.57. The largest absolute Gasteiger partial charge is 0.448 e. The lowest BCUT2D eigenvalue weighted by Crippen LogP contribution is -2.50. The summed E-state index contributed by atoms with van der Waals surface area (Å²) < 4.78 is 19.2. The zero-order chi connectivity index (χ0) is 15.5. The predicted molar refractivity (Wildman–Crippen MR) is 75.0 cm³/mol. The first-order chi connectivity index (χ1) is 9.74. The molecule has 1 N–H and O–H groups in total. The molecule has 112 valence electrons. The van der Waals surface area contributed by atoms with Crippen molar-refractivity contribution in [3.05, 3.63) is 30.1 Å². The number of fused-ring (bicyclic) bond motifs is 2. The van der Waals surface area contributed by atoms with Crippen LogP contribution in [0.2, 0.25) is 0 Å². The minimum atomic E-state index is -1.22. The molecule has 2 fully saturated rings. The van der Waals surface area contributed by atoms with Gasteiger partial charge in [-0.2, -0.15) is 0 Å². The molecule has 1 heterocycles. The molecule has 5 heteroatoms.